The Labute approximate surface area is 80.7 Å². The van der Waals surface area contributed by atoms with Crippen LogP contribution in [0.25, 0.3) is 0 Å². The Morgan fingerprint density at radius 1 is 1.15 bits per heavy atom. The van der Waals surface area contributed by atoms with Crippen LogP contribution < -0.4 is 0 Å². The zero-order valence-electron chi connectivity index (χ0n) is 9.31. The van der Waals surface area contributed by atoms with Crippen molar-refractivity contribution >= 4 is 0 Å². The number of aromatic amines is 1. The van der Waals surface area contributed by atoms with E-state index < -0.39 is 0 Å². The summed E-state index contributed by atoms with van der Waals surface area (Å²) in [4.78, 5) is 0. The summed E-state index contributed by atoms with van der Waals surface area (Å²) in [5.41, 5.74) is 3.98. The molecule has 0 saturated heterocycles. The van der Waals surface area contributed by atoms with Crippen LogP contribution >= 0.6 is 0 Å². The fraction of sp³-hybridized carbons (Fsp3) is 0.727. The molecule has 0 atom stereocenters. The van der Waals surface area contributed by atoms with Crippen molar-refractivity contribution in [2.75, 3.05) is 0 Å². The number of H-pyrrole nitrogens is 1. The Kier molecular flexibility index (Phi) is 3.12. The van der Waals surface area contributed by atoms with Gasteiger partial charge in [0.25, 0.3) is 0 Å². The molecule has 1 N–H and O–H groups in total. The van der Waals surface area contributed by atoms with Gasteiger partial charge in [-0.25, -0.2) is 0 Å². The van der Waals surface area contributed by atoms with E-state index in [1.165, 1.54) is 17.0 Å². The molecule has 2 nitrogen and oxygen atoms in total. The first-order chi connectivity index (χ1) is 6.07. The van der Waals surface area contributed by atoms with Gasteiger partial charge in [-0.05, 0) is 23.8 Å². The molecule has 1 aromatic rings. The van der Waals surface area contributed by atoms with Crippen molar-refractivity contribution in [3.8, 4) is 0 Å². The van der Waals surface area contributed by atoms with E-state index in [4.69, 9.17) is 0 Å². The fourth-order valence-corrected chi connectivity index (χ4v) is 1.76. The molecule has 1 heterocycles. The van der Waals surface area contributed by atoms with Gasteiger partial charge in [0, 0.05) is 5.69 Å². The van der Waals surface area contributed by atoms with Gasteiger partial charge in [0.1, 0.15) is 0 Å². The molecule has 74 valence electrons. The molecule has 0 aliphatic carbocycles. The smallest absolute Gasteiger partial charge is 0.0684 e. The SMILES string of the molecule is CCc1[nH]nc(C(C)C)c1C(C)C. The Hall–Kier alpha value is -0.790. The van der Waals surface area contributed by atoms with Gasteiger partial charge >= 0.3 is 0 Å². The highest BCUT2D eigenvalue weighted by molar-refractivity contribution is 5.30. The number of aryl methyl sites for hydroxylation is 1. The van der Waals surface area contributed by atoms with Crippen LogP contribution in [0.4, 0.5) is 0 Å². The predicted molar refractivity (Wildman–Crippen MR) is 56.1 cm³/mol. The number of hydrogen-bond donors (Lipinski definition) is 1. The van der Waals surface area contributed by atoms with Crippen LogP contribution in [0.1, 0.15) is 63.4 Å². The van der Waals surface area contributed by atoms with E-state index in [1.54, 1.807) is 0 Å². The van der Waals surface area contributed by atoms with Crippen molar-refractivity contribution in [3.05, 3.63) is 17.0 Å². The van der Waals surface area contributed by atoms with Crippen LogP contribution in [-0.4, -0.2) is 10.2 Å². The third-order valence-corrected chi connectivity index (χ3v) is 2.39. The van der Waals surface area contributed by atoms with Crippen molar-refractivity contribution in [3.63, 3.8) is 0 Å². The molecule has 0 fully saturated rings. The fourth-order valence-electron chi connectivity index (χ4n) is 1.76. The second kappa shape index (κ2) is 3.95. The van der Waals surface area contributed by atoms with Crippen LogP contribution in [0.2, 0.25) is 0 Å². The van der Waals surface area contributed by atoms with Gasteiger partial charge in [0.2, 0.25) is 0 Å². The van der Waals surface area contributed by atoms with E-state index in [9.17, 15) is 0 Å². The highest BCUT2D eigenvalue weighted by Gasteiger charge is 2.16. The van der Waals surface area contributed by atoms with Crippen molar-refractivity contribution in [1.29, 1.82) is 0 Å². The molecule has 0 amide bonds. The molecule has 0 spiro atoms. The maximum atomic E-state index is 4.38. The van der Waals surface area contributed by atoms with E-state index >= 15 is 0 Å². The minimum atomic E-state index is 0.522. The zero-order chi connectivity index (χ0) is 10.0. The molecule has 0 aromatic carbocycles. The molecule has 0 aliphatic rings. The average Bonchev–Trinajstić information content (AvgIpc) is 2.46. The molecule has 1 aromatic heterocycles. The summed E-state index contributed by atoms with van der Waals surface area (Å²) in [7, 11) is 0. The lowest BCUT2D eigenvalue weighted by atomic mass is 9.94. The summed E-state index contributed by atoms with van der Waals surface area (Å²) in [6.45, 7) is 11.0. The summed E-state index contributed by atoms with van der Waals surface area (Å²) in [5.74, 6) is 1.10. The zero-order valence-corrected chi connectivity index (χ0v) is 9.31. The van der Waals surface area contributed by atoms with Crippen LogP contribution in [0.3, 0.4) is 0 Å². The molecule has 0 radical (unpaired) electrons. The standard InChI is InChI=1S/C11H20N2/c1-6-9-10(7(2)3)11(8(4)5)13-12-9/h7-8H,6H2,1-5H3,(H,12,13). The Bertz CT molecular complexity index is 272. The minimum Gasteiger partial charge on any atom is -0.282 e. The number of nitrogens with one attached hydrogen (secondary N) is 1. The minimum absolute atomic E-state index is 0.522. The van der Waals surface area contributed by atoms with E-state index in [0.29, 0.717) is 11.8 Å². The third-order valence-electron chi connectivity index (χ3n) is 2.39. The van der Waals surface area contributed by atoms with Crippen LogP contribution in [0, 0.1) is 0 Å². The van der Waals surface area contributed by atoms with Gasteiger partial charge in [0.15, 0.2) is 0 Å². The van der Waals surface area contributed by atoms with Crippen molar-refractivity contribution in [1.82, 2.24) is 10.2 Å². The summed E-state index contributed by atoms with van der Waals surface area (Å²) in [5, 5.41) is 7.52. The molecule has 13 heavy (non-hydrogen) atoms. The highest BCUT2D eigenvalue weighted by Crippen LogP contribution is 2.27. The third kappa shape index (κ3) is 1.93. The number of aromatic nitrogens is 2. The lowest BCUT2D eigenvalue weighted by Crippen LogP contribution is -1.98. The molecule has 0 unspecified atom stereocenters. The average molecular weight is 180 g/mol. The molecular formula is C11H20N2. The maximum absolute atomic E-state index is 4.38. The molecular weight excluding hydrogens is 160 g/mol. The van der Waals surface area contributed by atoms with E-state index in [1.807, 2.05) is 0 Å². The first-order valence-corrected chi connectivity index (χ1v) is 5.14. The molecule has 1 rings (SSSR count). The number of rotatable bonds is 3. The quantitative estimate of drug-likeness (QED) is 0.760. The number of hydrogen-bond acceptors (Lipinski definition) is 1. The van der Waals surface area contributed by atoms with Crippen LogP contribution in [-0.2, 0) is 6.42 Å². The Morgan fingerprint density at radius 2 is 1.77 bits per heavy atom. The normalized spacial score (nSPS) is 11.6. The predicted octanol–water partition coefficient (Wildman–Crippen LogP) is 3.22. The molecule has 2 heteroatoms. The summed E-state index contributed by atoms with van der Waals surface area (Å²) < 4.78 is 0. The Morgan fingerprint density at radius 3 is 2.15 bits per heavy atom. The van der Waals surface area contributed by atoms with Crippen LogP contribution in [0.5, 0.6) is 0 Å². The van der Waals surface area contributed by atoms with Gasteiger partial charge in [-0.15, -0.1) is 0 Å². The van der Waals surface area contributed by atoms with Crippen LogP contribution in [0.15, 0.2) is 0 Å². The summed E-state index contributed by atoms with van der Waals surface area (Å²) >= 11 is 0. The first kappa shape index (κ1) is 10.3. The lowest BCUT2D eigenvalue weighted by Gasteiger charge is -2.10. The summed E-state index contributed by atoms with van der Waals surface area (Å²) in [6, 6.07) is 0. The van der Waals surface area contributed by atoms with Crippen molar-refractivity contribution in [2.45, 2.75) is 52.9 Å². The monoisotopic (exact) mass is 180 g/mol. The lowest BCUT2D eigenvalue weighted by molar-refractivity contribution is 0.765. The largest absolute Gasteiger partial charge is 0.282 e. The van der Waals surface area contributed by atoms with E-state index in [0.717, 1.165) is 6.42 Å². The van der Waals surface area contributed by atoms with Gasteiger partial charge in [-0.3, -0.25) is 5.10 Å². The number of nitrogens with zero attached hydrogens (tertiary/aromatic N) is 1. The second-order valence-corrected chi connectivity index (χ2v) is 4.16. The van der Waals surface area contributed by atoms with Crippen molar-refractivity contribution < 1.29 is 0 Å². The van der Waals surface area contributed by atoms with Gasteiger partial charge in [-0.2, -0.15) is 5.10 Å². The highest BCUT2D eigenvalue weighted by atomic mass is 15.1. The Balaban J connectivity index is 3.14. The molecule has 0 saturated carbocycles. The van der Waals surface area contributed by atoms with Crippen molar-refractivity contribution in [2.24, 2.45) is 0 Å². The van der Waals surface area contributed by atoms with E-state index in [-0.39, 0.29) is 0 Å². The summed E-state index contributed by atoms with van der Waals surface area (Å²) in [6.07, 6.45) is 1.05. The van der Waals surface area contributed by atoms with Gasteiger partial charge in [0.05, 0.1) is 5.69 Å². The molecule has 0 bridgehead atoms. The second-order valence-electron chi connectivity index (χ2n) is 4.16. The van der Waals surface area contributed by atoms with Gasteiger partial charge < -0.3 is 0 Å². The van der Waals surface area contributed by atoms with Gasteiger partial charge in [-0.1, -0.05) is 34.6 Å². The van der Waals surface area contributed by atoms with E-state index in [2.05, 4.69) is 44.8 Å². The maximum Gasteiger partial charge on any atom is 0.0684 e. The topological polar surface area (TPSA) is 28.7 Å². The molecule has 0 aliphatic heterocycles. The first-order valence-electron chi connectivity index (χ1n) is 5.14.